The van der Waals surface area contributed by atoms with Gasteiger partial charge in [0.2, 0.25) is 0 Å². The van der Waals surface area contributed by atoms with E-state index in [0.717, 1.165) is 31.1 Å². The zero-order valence-electron chi connectivity index (χ0n) is 10.9. The first-order valence-corrected chi connectivity index (χ1v) is 7.40. The Hall–Kier alpha value is -0.850. The zero-order valence-corrected chi connectivity index (χ0v) is 12.5. The maximum atomic E-state index is 11.5. The second-order valence-corrected chi connectivity index (χ2v) is 6.01. The number of carbonyl (C=O) groups excluding carboxylic acids is 1. The minimum Gasteiger partial charge on any atom is -0.465 e. The van der Waals surface area contributed by atoms with Crippen LogP contribution in [0.1, 0.15) is 29.4 Å². The lowest BCUT2D eigenvalue weighted by Gasteiger charge is -2.32. The van der Waals surface area contributed by atoms with E-state index in [0.29, 0.717) is 10.8 Å². The van der Waals surface area contributed by atoms with Gasteiger partial charge in [0.05, 0.1) is 13.2 Å². The first kappa shape index (κ1) is 14.6. The smallest absolute Gasteiger partial charge is 0.351 e. The summed E-state index contributed by atoms with van der Waals surface area (Å²) in [5.41, 5.74) is 0. The molecule has 0 aliphatic carbocycles. The van der Waals surface area contributed by atoms with Crippen LogP contribution in [0.2, 0.25) is 5.15 Å². The lowest BCUT2D eigenvalue weighted by atomic mass is 9.92. The van der Waals surface area contributed by atoms with Gasteiger partial charge in [-0.3, -0.25) is 0 Å². The molecule has 1 saturated heterocycles. The molecule has 0 radical (unpaired) electrons. The van der Waals surface area contributed by atoms with E-state index in [1.54, 1.807) is 0 Å². The number of nitrogens with zero attached hydrogens (tertiary/aromatic N) is 2. The van der Waals surface area contributed by atoms with Gasteiger partial charge in [-0.05, 0) is 25.7 Å². The van der Waals surface area contributed by atoms with Crippen LogP contribution >= 0.6 is 22.9 Å². The highest BCUT2D eigenvalue weighted by atomic mass is 35.5. The van der Waals surface area contributed by atoms with Gasteiger partial charge < -0.3 is 14.7 Å². The number of thiazole rings is 1. The van der Waals surface area contributed by atoms with Crippen molar-refractivity contribution >= 4 is 34.0 Å². The van der Waals surface area contributed by atoms with Crippen molar-refractivity contribution in [1.29, 1.82) is 0 Å². The summed E-state index contributed by atoms with van der Waals surface area (Å²) in [5.74, 6) is -0.112. The average molecular weight is 305 g/mol. The van der Waals surface area contributed by atoms with E-state index in [4.69, 9.17) is 11.6 Å². The third kappa shape index (κ3) is 3.19. The Kier molecular flexibility index (Phi) is 4.65. The van der Waals surface area contributed by atoms with Crippen molar-refractivity contribution < 1.29 is 14.6 Å². The minimum atomic E-state index is -0.451. The predicted octanol–water partition coefficient (Wildman–Crippen LogP) is 2.18. The zero-order chi connectivity index (χ0) is 14.0. The van der Waals surface area contributed by atoms with Gasteiger partial charge in [0.25, 0.3) is 0 Å². The number of aliphatic hydroxyl groups excluding tert-OH is 1. The summed E-state index contributed by atoms with van der Waals surface area (Å²) in [6, 6.07) is 0. The number of carbonyl (C=O) groups is 1. The molecule has 19 heavy (non-hydrogen) atoms. The highest BCUT2D eigenvalue weighted by Crippen LogP contribution is 2.33. The van der Waals surface area contributed by atoms with Crippen molar-refractivity contribution in [1.82, 2.24) is 4.98 Å². The number of aliphatic hydroxyl groups is 1. The number of hydrogen-bond acceptors (Lipinski definition) is 6. The van der Waals surface area contributed by atoms with Crippen LogP contribution in [0.3, 0.4) is 0 Å². The second-order valence-electron chi connectivity index (χ2n) is 4.67. The van der Waals surface area contributed by atoms with Crippen LogP contribution in [0.25, 0.3) is 0 Å². The summed E-state index contributed by atoms with van der Waals surface area (Å²) in [7, 11) is 1.33. The van der Waals surface area contributed by atoms with E-state index in [9.17, 15) is 9.90 Å². The summed E-state index contributed by atoms with van der Waals surface area (Å²) in [4.78, 5) is 18.1. The molecule has 0 spiro atoms. The number of hydrogen-bond donors (Lipinski definition) is 1. The highest BCUT2D eigenvalue weighted by molar-refractivity contribution is 7.18. The van der Waals surface area contributed by atoms with Gasteiger partial charge >= 0.3 is 5.97 Å². The summed E-state index contributed by atoms with van der Waals surface area (Å²) >= 11 is 7.20. The molecule has 7 heteroatoms. The van der Waals surface area contributed by atoms with E-state index >= 15 is 0 Å². The molecule has 2 heterocycles. The lowest BCUT2D eigenvalue weighted by molar-refractivity contribution is 0.0606. The largest absolute Gasteiger partial charge is 0.465 e. The number of esters is 1. The first-order chi connectivity index (χ1) is 9.02. The van der Waals surface area contributed by atoms with Crippen molar-refractivity contribution in [2.24, 2.45) is 5.92 Å². The van der Waals surface area contributed by atoms with Crippen molar-refractivity contribution in [3.8, 4) is 0 Å². The number of piperidine rings is 1. The molecule has 2 rings (SSSR count). The fourth-order valence-electron chi connectivity index (χ4n) is 2.22. The van der Waals surface area contributed by atoms with Gasteiger partial charge in [-0.15, -0.1) is 0 Å². The molecule has 0 saturated carbocycles. The molecule has 1 aromatic heterocycles. The summed E-state index contributed by atoms with van der Waals surface area (Å²) in [5, 5.41) is 10.5. The Labute approximate surface area is 121 Å². The summed E-state index contributed by atoms with van der Waals surface area (Å²) in [6.45, 7) is 3.47. The molecule has 1 aromatic rings. The molecule has 0 amide bonds. The normalized spacial score (nSPS) is 18.4. The quantitative estimate of drug-likeness (QED) is 0.867. The fourth-order valence-corrected chi connectivity index (χ4v) is 3.47. The van der Waals surface area contributed by atoms with Crippen molar-refractivity contribution in [2.75, 3.05) is 25.1 Å². The number of aromatic nitrogens is 1. The highest BCUT2D eigenvalue weighted by Gasteiger charge is 2.26. The number of methoxy groups -OCH3 is 1. The predicted molar refractivity (Wildman–Crippen MR) is 75.1 cm³/mol. The number of anilines is 1. The monoisotopic (exact) mass is 304 g/mol. The Morgan fingerprint density at radius 1 is 1.58 bits per heavy atom. The van der Waals surface area contributed by atoms with Gasteiger partial charge in [-0.2, -0.15) is 0 Å². The Bertz CT molecular complexity index is 456. The first-order valence-electron chi connectivity index (χ1n) is 6.20. The maximum absolute atomic E-state index is 11.5. The van der Waals surface area contributed by atoms with Crippen molar-refractivity contribution in [2.45, 2.75) is 25.9 Å². The van der Waals surface area contributed by atoms with E-state index in [-0.39, 0.29) is 11.3 Å². The molecule has 1 unspecified atom stereocenters. The van der Waals surface area contributed by atoms with E-state index in [2.05, 4.69) is 14.6 Å². The Morgan fingerprint density at radius 3 is 2.74 bits per heavy atom. The van der Waals surface area contributed by atoms with Crippen LogP contribution in [0.15, 0.2) is 0 Å². The molecular weight excluding hydrogens is 288 g/mol. The summed E-state index contributed by atoms with van der Waals surface area (Å²) in [6.07, 6.45) is 1.57. The number of rotatable bonds is 3. The van der Waals surface area contributed by atoms with E-state index in [1.807, 2.05) is 6.92 Å². The van der Waals surface area contributed by atoms with Crippen LogP contribution in [0.4, 0.5) is 5.13 Å². The average Bonchev–Trinajstić information content (AvgIpc) is 2.80. The molecule has 1 fully saturated rings. The number of ether oxygens (including phenoxy) is 1. The molecule has 1 aliphatic rings. The van der Waals surface area contributed by atoms with Gasteiger partial charge in [-0.25, -0.2) is 9.78 Å². The summed E-state index contributed by atoms with van der Waals surface area (Å²) < 4.78 is 4.66. The molecule has 1 N–H and O–H groups in total. The standard InChI is InChI=1S/C12H17ClN2O3S/c1-7(16)8-3-5-15(6-4-8)12-14-10(13)9(19-12)11(17)18-2/h7-8,16H,3-6H2,1-2H3. The lowest BCUT2D eigenvalue weighted by Crippen LogP contribution is -2.36. The van der Waals surface area contributed by atoms with Gasteiger partial charge in [-0.1, -0.05) is 22.9 Å². The third-order valence-electron chi connectivity index (χ3n) is 3.44. The van der Waals surface area contributed by atoms with Gasteiger partial charge in [0, 0.05) is 13.1 Å². The van der Waals surface area contributed by atoms with Gasteiger partial charge in [0.1, 0.15) is 0 Å². The second kappa shape index (κ2) is 6.07. The topological polar surface area (TPSA) is 62.7 Å². The third-order valence-corrected chi connectivity index (χ3v) is 4.92. The van der Waals surface area contributed by atoms with E-state index < -0.39 is 5.97 Å². The van der Waals surface area contributed by atoms with Crippen LogP contribution in [0.5, 0.6) is 0 Å². The van der Waals surface area contributed by atoms with Crippen LogP contribution in [-0.2, 0) is 4.74 Å². The van der Waals surface area contributed by atoms with Crippen LogP contribution in [0, 0.1) is 5.92 Å². The SMILES string of the molecule is COC(=O)c1sc(N2CCC(C(C)O)CC2)nc1Cl. The maximum Gasteiger partial charge on any atom is 0.351 e. The molecule has 1 aliphatic heterocycles. The van der Waals surface area contributed by atoms with Crippen molar-refractivity contribution in [3.05, 3.63) is 10.0 Å². The van der Waals surface area contributed by atoms with Crippen LogP contribution in [-0.4, -0.2) is 42.4 Å². The van der Waals surface area contributed by atoms with Crippen molar-refractivity contribution in [3.63, 3.8) is 0 Å². The Morgan fingerprint density at radius 2 is 2.21 bits per heavy atom. The van der Waals surface area contributed by atoms with E-state index in [1.165, 1.54) is 18.4 Å². The molecule has 0 bridgehead atoms. The van der Waals surface area contributed by atoms with Crippen LogP contribution < -0.4 is 4.90 Å². The fraction of sp³-hybridized carbons (Fsp3) is 0.667. The van der Waals surface area contributed by atoms with Gasteiger partial charge in [0.15, 0.2) is 15.2 Å². The Balaban J connectivity index is 2.06. The molecule has 5 nitrogen and oxygen atoms in total. The minimum absolute atomic E-state index is 0.199. The molecular formula is C12H17ClN2O3S. The molecule has 1 atom stereocenters. The molecule has 0 aromatic carbocycles. The number of halogens is 1. The molecule has 106 valence electrons.